The van der Waals surface area contributed by atoms with Gasteiger partial charge in [0.05, 0.1) is 6.61 Å². The van der Waals surface area contributed by atoms with Crippen molar-refractivity contribution in [1.29, 1.82) is 0 Å². The summed E-state index contributed by atoms with van der Waals surface area (Å²) in [5.74, 6) is 0. The molecule has 0 aromatic rings. The van der Waals surface area contributed by atoms with E-state index in [1.165, 1.54) is 0 Å². The normalized spacial score (nSPS) is 15.4. The molecule has 0 aromatic heterocycles. The van der Waals surface area contributed by atoms with E-state index in [9.17, 15) is 9.46 Å². The Kier molecular flexibility index (Phi) is 8.49. The third-order valence-corrected chi connectivity index (χ3v) is 3.50. The van der Waals surface area contributed by atoms with E-state index in [0.717, 1.165) is 32.2 Å². The quantitative estimate of drug-likeness (QED) is 0.464. The van der Waals surface area contributed by atoms with Gasteiger partial charge in [0.25, 0.3) is 0 Å². The predicted octanol–water partition coefficient (Wildman–Crippen LogP) is 2.12. The predicted molar refractivity (Wildman–Crippen MR) is 58.5 cm³/mol. The van der Waals surface area contributed by atoms with Gasteiger partial charge in [-0.15, -0.1) is 0 Å². The Morgan fingerprint density at radius 2 is 1.93 bits per heavy atom. The van der Waals surface area contributed by atoms with Crippen LogP contribution < -0.4 is 5.73 Å². The molecule has 0 aliphatic heterocycles. The van der Waals surface area contributed by atoms with Crippen LogP contribution in [-0.2, 0) is 9.09 Å². The van der Waals surface area contributed by atoms with Crippen LogP contribution in [0.2, 0.25) is 0 Å². The topological polar surface area (TPSA) is 72.5 Å². The van der Waals surface area contributed by atoms with Crippen LogP contribution in [-0.4, -0.2) is 24.2 Å². The molecule has 4 nitrogen and oxygen atoms in total. The zero-order valence-electron chi connectivity index (χ0n) is 8.95. The second-order valence-corrected chi connectivity index (χ2v) is 5.38. The molecule has 14 heavy (non-hydrogen) atoms. The number of nitrogens with two attached hydrogens (primary N) is 1. The molecule has 1 atom stereocenters. The van der Waals surface area contributed by atoms with Crippen molar-refractivity contribution in [3.63, 3.8) is 0 Å². The Balaban J connectivity index is 3.30. The molecule has 86 valence electrons. The van der Waals surface area contributed by atoms with Gasteiger partial charge in [-0.1, -0.05) is 19.8 Å². The molecule has 0 heterocycles. The van der Waals surface area contributed by atoms with E-state index in [1.54, 1.807) is 0 Å². The molecule has 0 rings (SSSR count). The van der Waals surface area contributed by atoms with Crippen molar-refractivity contribution in [3.05, 3.63) is 0 Å². The molecule has 0 radical (unpaired) electrons. The molecular formula is C9H22NO3P. The van der Waals surface area contributed by atoms with Crippen molar-refractivity contribution in [1.82, 2.24) is 0 Å². The lowest BCUT2D eigenvalue weighted by Gasteiger charge is -2.10. The molecule has 0 aliphatic rings. The molecule has 0 fully saturated rings. The molecule has 3 N–H and O–H groups in total. The molecular weight excluding hydrogens is 201 g/mol. The maximum atomic E-state index is 11.2. The molecule has 0 bridgehead atoms. The van der Waals surface area contributed by atoms with E-state index in [2.05, 4.69) is 0 Å². The summed E-state index contributed by atoms with van der Waals surface area (Å²) in [4.78, 5) is 9.23. The first kappa shape index (κ1) is 14.1. The molecule has 0 amide bonds. The van der Waals surface area contributed by atoms with Gasteiger partial charge in [-0.25, -0.2) is 0 Å². The standard InChI is InChI=1S/C9H22NO3P/c1-2-9-14(11,12)13-8-6-4-3-5-7-10/h2-10H2,1H3,(H,11,12). The van der Waals surface area contributed by atoms with E-state index in [0.29, 0.717) is 13.0 Å². The van der Waals surface area contributed by atoms with E-state index < -0.39 is 7.60 Å². The molecule has 0 saturated heterocycles. The fraction of sp³-hybridized carbons (Fsp3) is 1.00. The molecule has 5 heteroatoms. The fourth-order valence-electron chi connectivity index (χ4n) is 1.15. The lowest BCUT2D eigenvalue weighted by Crippen LogP contribution is -1.99. The summed E-state index contributed by atoms with van der Waals surface area (Å²) < 4.78 is 16.1. The Morgan fingerprint density at radius 3 is 2.50 bits per heavy atom. The van der Waals surface area contributed by atoms with Gasteiger partial charge in [-0.05, 0) is 25.8 Å². The lowest BCUT2D eigenvalue weighted by atomic mass is 10.2. The smallest absolute Gasteiger partial charge is 0.328 e. The second kappa shape index (κ2) is 8.42. The SMILES string of the molecule is CCCP(=O)(O)OCCCCCCN. The van der Waals surface area contributed by atoms with E-state index in [-0.39, 0.29) is 6.16 Å². The Labute approximate surface area is 86.4 Å². The first-order valence-electron chi connectivity index (χ1n) is 5.29. The minimum Gasteiger partial charge on any atom is -0.330 e. The summed E-state index contributed by atoms with van der Waals surface area (Å²) >= 11 is 0. The molecule has 0 aromatic carbocycles. The van der Waals surface area contributed by atoms with Gasteiger partial charge in [-0.2, -0.15) is 0 Å². The van der Waals surface area contributed by atoms with Crippen LogP contribution >= 0.6 is 7.60 Å². The average Bonchev–Trinajstić information content (AvgIpc) is 2.11. The van der Waals surface area contributed by atoms with E-state index >= 15 is 0 Å². The van der Waals surface area contributed by atoms with Gasteiger partial charge < -0.3 is 15.2 Å². The van der Waals surface area contributed by atoms with Crippen molar-refractivity contribution in [3.8, 4) is 0 Å². The fourth-order valence-corrected chi connectivity index (χ4v) is 2.26. The maximum absolute atomic E-state index is 11.2. The summed E-state index contributed by atoms with van der Waals surface area (Å²) in [7, 11) is -3.27. The summed E-state index contributed by atoms with van der Waals surface area (Å²) in [5, 5.41) is 0. The first-order valence-corrected chi connectivity index (χ1v) is 7.05. The van der Waals surface area contributed by atoms with Crippen LogP contribution in [0.1, 0.15) is 39.0 Å². The van der Waals surface area contributed by atoms with Crippen molar-refractivity contribution in [2.45, 2.75) is 39.0 Å². The van der Waals surface area contributed by atoms with Crippen molar-refractivity contribution in [2.75, 3.05) is 19.3 Å². The van der Waals surface area contributed by atoms with Crippen molar-refractivity contribution >= 4 is 7.60 Å². The van der Waals surface area contributed by atoms with Crippen LogP contribution in [0.3, 0.4) is 0 Å². The number of hydrogen-bond donors (Lipinski definition) is 2. The van der Waals surface area contributed by atoms with Gasteiger partial charge in [0.2, 0.25) is 0 Å². The minimum atomic E-state index is -3.27. The highest BCUT2D eigenvalue weighted by Crippen LogP contribution is 2.42. The Morgan fingerprint density at radius 1 is 1.29 bits per heavy atom. The minimum absolute atomic E-state index is 0.260. The van der Waals surface area contributed by atoms with Crippen LogP contribution in [0.15, 0.2) is 0 Å². The van der Waals surface area contributed by atoms with Crippen molar-refractivity contribution < 1.29 is 14.0 Å². The third kappa shape index (κ3) is 8.70. The summed E-state index contributed by atoms with van der Waals surface area (Å²) in [6, 6.07) is 0. The monoisotopic (exact) mass is 223 g/mol. The van der Waals surface area contributed by atoms with Gasteiger partial charge >= 0.3 is 7.60 Å². The third-order valence-electron chi connectivity index (χ3n) is 1.90. The van der Waals surface area contributed by atoms with Gasteiger partial charge in [-0.3, -0.25) is 4.57 Å². The summed E-state index contributed by atoms with van der Waals surface area (Å²) in [6.07, 6.45) is 4.89. The first-order chi connectivity index (χ1) is 6.62. The highest BCUT2D eigenvalue weighted by Gasteiger charge is 2.16. The largest absolute Gasteiger partial charge is 0.330 e. The van der Waals surface area contributed by atoms with Crippen molar-refractivity contribution in [2.24, 2.45) is 5.73 Å². The number of hydrogen-bond acceptors (Lipinski definition) is 3. The number of unbranched alkanes of at least 4 members (excludes halogenated alkanes) is 3. The lowest BCUT2D eigenvalue weighted by molar-refractivity contribution is 0.252. The van der Waals surface area contributed by atoms with Gasteiger partial charge in [0.15, 0.2) is 0 Å². The summed E-state index contributed by atoms with van der Waals surface area (Å²) in [6.45, 7) is 2.97. The molecule has 0 aliphatic carbocycles. The molecule has 0 spiro atoms. The van der Waals surface area contributed by atoms with Crippen LogP contribution in [0, 0.1) is 0 Å². The Bertz CT molecular complexity index is 175. The zero-order valence-corrected chi connectivity index (χ0v) is 9.84. The van der Waals surface area contributed by atoms with E-state index in [4.69, 9.17) is 10.3 Å². The summed E-state index contributed by atoms with van der Waals surface area (Å²) in [5.41, 5.74) is 5.34. The highest BCUT2D eigenvalue weighted by atomic mass is 31.2. The second-order valence-electron chi connectivity index (χ2n) is 3.40. The molecule has 1 unspecified atom stereocenters. The van der Waals surface area contributed by atoms with E-state index in [1.807, 2.05) is 6.92 Å². The maximum Gasteiger partial charge on any atom is 0.328 e. The highest BCUT2D eigenvalue weighted by molar-refractivity contribution is 7.52. The zero-order chi connectivity index (χ0) is 10.9. The molecule has 0 saturated carbocycles. The average molecular weight is 223 g/mol. The van der Waals surface area contributed by atoms with Crippen LogP contribution in [0.25, 0.3) is 0 Å². The van der Waals surface area contributed by atoms with Crippen LogP contribution in [0.5, 0.6) is 0 Å². The van der Waals surface area contributed by atoms with Gasteiger partial charge in [0.1, 0.15) is 0 Å². The van der Waals surface area contributed by atoms with Gasteiger partial charge in [0, 0.05) is 6.16 Å². The number of rotatable bonds is 9. The Hall–Kier alpha value is 0.110. The van der Waals surface area contributed by atoms with Crippen LogP contribution in [0.4, 0.5) is 0 Å².